The van der Waals surface area contributed by atoms with Crippen molar-refractivity contribution < 1.29 is 0 Å². The highest BCUT2D eigenvalue weighted by Gasteiger charge is 2.20. The van der Waals surface area contributed by atoms with Crippen molar-refractivity contribution in [2.45, 2.75) is 0 Å². The number of aromatic nitrogens is 4. The highest BCUT2D eigenvalue weighted by Crippen LogP contribution is 2.40. The Balaban J connectivity index is 1.25. The van der Waals surface area contributed by atoms with Gasteiger partial charge >= 0.3 is 0 Å². The molecule has 0 fully saturated rings. The van der Waals surface area contributed by atoms with E-state index in [1.165, 1.54) is 5.39 Å². The normalized spacial score (nSPS) is 11.4. The highest BCUT2D eigenvalue weighted by atomic mass is 15.0. The SMILES string of the molecule is N#Cc1ccc(-c2cc(-c3ccccc3)nc(-c3ccccc3)n2)cc1-n1c2ccccc2c2cc3c(cc21)c1ccccc1n3-c1ccccc1. The molecule has 0 atom stereocenters. The van der Waals surface area contributed by atoms with Crippen LogP contribution in [0.25, 0.3) is 88.9 Å². The summed E-state index contributed by atoms with van der Waals surface area (Å²) in [4.78, 5) is 10.1. The van der Waals surface area contributed by atoms with Crippen molar-refractivity contribution in [3.05, 3.63) is 181 Å². The van der Waals surface area contributed by atoms with Crippen LogP contribution < -0.4 is 0 Å². The summed E-state index contributed by atoms with van der Waals surface area (Å²) in [6.07, 6.45) is 0. The van der Waals surface area contributed by atoms with Gasteiger partial charge in [0.25, 0.3) is 0 Å². The van der Waals surface area contributed by atoms with Crippen LogP contribution in [0.3, 0.4) is 0 Å². The van der Waals surface area contributed by atoms with Crippen LogP contribution in [0.2, 0.25) is 0 Å². The van der Waals surface area contributed by atoms with Gasteiger partial charge in [0.2, 0.25) is 0 Å². The van der Waals surface area contributed by atoms with E-state index in [0.29, 0.717) is 11.4 Å². The van der Waals surface area contributed by atoms with Gasteiger partial charge < -0.3 is 9.13 Å². The van der Waals surface area contributed by atoms with E-state index >= 15 is 0 Å². The van der Waals surface area contributed by atoms with Crippen LogP contribution in [0.4, 0.5) is 0 Å². The first-order valence-electron chi connectivity index (χ1n) is 17.3. The molecule has 3 aromatic heterocycles. The Labute approximate surface area is 299 Å². The fourth-order valence-electron chi connectivity index (χ4n) is 7.58. The number of nitrogens with zero attached hydrogens (tertiary/aromatic N) is 5. The van der Waals surface area contributed by atoms with Gasteiger partial charge in [-0.1, -0.05) is 121 Å². The Morgan fingerprint density at radius 2 is 0.923 bits per heavy atom. The molecule has 0 aliphatic heterocycles. The summed E-state index contributed by atoms with van der Waals surface area (Å²) in [7, 11) is 0. The molecule has 0 aliphatic rings. The zero-order valence-electron chi connectivity index (χ0n) is 28.0. The minimum Gasteiger partial charge on any atom is -0.309 e. The number of rotatable bonds is 5. The second-order valence-corrected chi connectivity index (χ2v) is 13.0. The maximum absolute atomic E-state index is 10.6. The third kappa shape index (κ3) is 4.70. The lowest BCUT2D eigenvalue weighted by Gasteiger charge is -2.14. The number of hydrogen-bond acceptors (Lipinski definition) is 3. The first kappa shape index (κ1) is 29.6. The number of fused-ring (bicyclic) bond motifs is 6. The highest BCUT2D eigenvalue weighted by molar-refractivity contribution is 6.19. The van der Waals surface area contributed by atoms with E-state index in [2.05, 4.69) is 124 Å². The van der Waals surface area contributed by atoms with Gasteiger partial charge in [0, 0.05) is 43.9 Å². The summed E-state index contributed by atoms with van der Waals surface area (Å²) >= 11 is 0. The molecular weight excluding hydrogens is 635 g/mol. The third-order valence-electron chi connectivity index (χ3n) is 9.96. The van der Waals surface area contributed by atoms with Crippen LogP contribution in [0.15, 0.2) is 176 Å². The monoisotopic (exact) mass is 663 g/mol. The van der Waals surface area contributed by atoms with Crippen molar-refractivity contribution in [1.29, 1.82) is 5.26 Å². The molecule has 0 radical (unpaired) electrons. The lowest BCUT2D eigenvalue weighted by molar-refractivity contribution is 1.16. The Bertz CT molecular complexity index is 2950. The van der Waals surface area contributed by atoms with Crippen molar-refractivity contribution >= 4 is 43.6 Å². The Hall–Kier alpha value is -7.29. The van der Waals surface area contributed by atoms with E-state index in [4.69, 9.17) is 9.97 Å². The summed E-state index contributed by atoms with van der Waals surface area (Å²) in [6.45, 7) is 0. The van der Waals surface area contributed by atoms with Crippen LogP contribution in [0.1, 0.15) is 5.56 Å². The summed E-state index contributed by atoms with van der Waals surface area (Å²) in [5, 5.41) is 15.1. The Morgan fingerprint density at radius 1 is 0.404 bits per heavy atom. The smallest absolute Gasteiger partial charge is 0.160 e. The van der Waals surface area contributed by atoms with Gasteiger partial charge in [0.05, 0.1) is 44.7 Å². The fraction of sp³-hybridized carbons (Fsp3) is 0. The molecule has 7 aromatic carbocycles. The van der Waals surface area contributed by atoms with Crippen molar-refractivity contribution in [3.63, 3.8) is 0 Å². The lowest BCUT2D eigenvalue weighted by atomic mass is 10.0. The molecule has 0 saturated carbocycles. The Kier molecular flexibility index (Phi) is 6.80. The summed E-state index contributed by atoms with van der Waals surface area (Å²) in [5.74, 6) is 0.650. The van der Waals surface area contributed by atoms with E-state index in [0.717, 1.165) is 77.7 Å². The van der Waals surface area contributed by atoms with E-state index in [1.807, 2.05) is 66.7 Å². The molecule has 5 nitrogen and oxygen atoms in total. The van der Waals surface area contributed by atoms with Gasteiger partial charge in [0.15, 0.2) is 5.82 Å². The quantitative estimate of drug-likeness (QED) is 0.184. The maximum atomic E-state index is 10.6. The Morgan fingerprint density at radius 3 is 1.56 bits per heavy atom. The standard InChI is InChI=1S/C47H29N5/c48-30-34-25-24-33(41-29-40(31-14-4-1-5-15-31)49-47(50-41)32-16-6-2-7-17-32)26-44(34)52-43-23-13-11-21-37(43)39-27-45-38(28-46(39)52)36-20-10-12-22-42(36)51(45)35-18-8-3-9-19-35/h1-29H. The molecule has 0 saturated heterocycles. The largest absolute Gasteiger partial charge is 0.309 e. The van der Waals surface area contributed by atoms with Crippen LogP contribution in [0.5, 0.6) is 0 Å². The summed E-state index contributed by atoms with van der Waals surface area (Å²) < 4.78 is 4.60. The predicted octanol–water partition coefficient (Wildman–Crippen LogP) is 11.5. The molecule has 5 heteroatoms. The van der Waals surface area contributed by atoms with Crippen molar-refractivity contribution in [1.82, 2.24) is 19.1 Å². The lowest BCUT2D eigenvalue weighted by Crippen LogP contribution is -2.00. The first-order chi connectivity index (χ1) is 25.7. The third-order valence-corrected chi connectivity index (χ3v) is 9.96. The van der Waals surface area contributed by atoms with Crippen LogP contribution in [-0.4, -0.2) is 19.1 Å². The minimum atomic E-state index is 0.582. The van der Waals surface area contributed by atoms with Crippen LogP contribution in [-0.2, 0) is 0 Å². The second-order valence-electron chi connectivity index (χ2n) is 13.0. The maximum Gasteiger partial charge on any atom is 0.160 e. The number of nitriles is 1. The molecule has 0 aliphatic carbocycles. The van der Waals surface area contributed by atoms with Gasteiger partial charge in [-0.15, -0.1) is 0 Å². The second kappa shape index (κ2) is 11.9. The van der Waals surface area contributed by atoms with E-state index < -0.39 is 0 Å². The van der Waals surface area contributed by atoms with E-state index in [1.54, 1.807) is 0 Å². The summed E-state index contributed by atoms with van der Waals surface area (Å²) in [6, 6.07) is 63.0. The van der Waals surface area contributed by atoms with Gasteiger partial charge in [0.1, 0.15) is 6.07 Å². The minimum absolute atomic E-state index is 0.582. The molecule has 10 aromatic rings. The van der Waals surface area contributed by atoms with Crippen molar-refractivity contribution in [2.75, 3.05) is 0 Å². The first-order valence-corrected chi connectivity index (χ1v) is 17.3. The molecule has 52 heavy (non-hydrogen) atoms. The molecule has 10 rings (SSSR count). The van der Waals surface area contributed by atoms with Crippen LogP contribution in [0, 0.1) is 11.3 Å². The number of hydrogen-bond donors (Lipinski definition) is 0. The van der Waals surface area contributed by atoms with Gasteiger partial charge in [-0.3, -0.25) is 0 Å². The number of benzene rings is 7. The molecule has 0 N–H and O–H groups in total. The van der Waals surface area contributed by atoms with Gasteiger partial charge in [-0.05, 0) is 54.6 Å². The average molecular weight is 664 g/mol. The average Bonchev–Trinajstić information content (AvgIpc) is 3.72. The van der Waals surface area contributed by atoms with Crippen molar-refractivity contribution in [3.8, 4) is 51.3 Å². The molecule has 0 unspecified atom stereocenters. The summed E-state index contributed by atoms with van der Waals surface area (Å²) in [5.41, 5.74) is 11.3. The fourth-order valence-corrected chi connectivity index (χ4v) is 7.58. The number of para-hydroxylation sites is 3. The van der Waals surface area contributed by atoms with E-state index in [-0.39, 0.29) is 0 Å². The molecule has 0 amide bonds. The zero-order valence-corrected chi connectivity index (χ0v) is 28.0. The molecule has 0 spiro atoms. The van der Waals surface area contributed by atoms with E-state index in [9.17, 15) is 5.26 Å². The molecule has 242 valence electrons. The zero-order chi connectivity index (χ0) is 34.6. The molecule has 3 heterocycles. The van der Waals surface area contributed by atoms with Crippen molar-refractivity contribution in [2.24, 2.45) is 0 Å². The topological polar surface area (TPSA) is 59.4 Å². The van der Waals surface area contributed by atoms with Crippen LogP contribution >= 0.6 is 0 Å². The van der Waals surface area contributed by atoms with Gasteiger partial charge in [-0.2, -0.15) is 5.26 Å². The van der Waals surface area contributed by atoms with Gasteiger partial charge in [-0.25, -0.2) is 9.97 Å². The molecular formula is C47H29N5. The predicted molar refractivity (Wildman–Crippen MR) is 212 cm³/mol. The molecule has 0 bridgehead atoms.